The van der Waals surface area contributed by atoms with E-state index in [1.807, 2.05) is 26.0 Å². The molecule has 0 aliphatic heterocycles. The number of aliphatic hydroxyl groups is 1. The lowest BCUT2D eigenvalue weighted by Gasteiger charge is -2.23. The highest BCUT2D eigenvalue weighted by Gasteiger charge is 2.23. The standard InChI is InChI=1S/C11H15I2NO2.ClH/c1-5(2)10(15)9(14)7-3-6(12)4-8(13)11(7)16;/h3-5,9-10,15-16H,14H2,1-2H3;1H/t9-,10+;/m0./s1. The summed E-state index contributed by atoms with van der Waals surface area (Å²) in [6.07, 6.45) is -0.653. The van der Waals surface area contributed by atoms with Crippen molar-refractivity contribution in [2.75, 3.05) is 0 Å². The van der Waals surface area contributed by atoms with Gasteiger partial charge >= 0.3 is 0 Å². The van der Waals surface area contributed by atoms with Crippen LogP contribution in [0.5, 0.6) is 5.75 Å². The highest BCUT2D eigenvalue weighted by Crippen LogP contribution is 2.32. The SMILES string of the molecule is CC(C)[C@@H](O)[C@@H](N)c1cc(I)cc(I)c1O.Cl. The summed E-state index contributed by atoms with van der Waals surface area (Å²) in [6, 6.07) is 3.13. The van der Waals surface area contributed by atoms with Crippen LogP contribution in [0, 0.1) is 13.1 Å². The van der Waals surface area contributed by atoms with E-state index in [1.165, 1.54) is 0 Å². The van der Waals surface area contributed by atoms with Crippen LogP contribution in [0.4, 0.5) is 0 Å². The predicted octanol–water partition coefficient (Wildman–Crippen LogP) is 3.04. The van der Waals surface area contributed by atoms with Crippen molar-refractivity contribution in [2.45, 2.75) is 26.0 Å². The van der Waals surface area contributed by atoms with Gasteiger partial charge in [0.1, 0.15) is 5.75 Å². The number of halogens is 3. The second kappa shape index (κ2) is 7.32. The van der Waals surface area contributed by atoms with E-state index >= 15 is 0 Å². The lowest BCUT2D eigenvalue weighted by molar-refractivity contribution is 0.0969. The van der Waals surface area contributed by atoms with E-state index in [-0.39, 0.29) is 24.1 Å². The van der Waals surface area contributed by atoms with Gasteiger partial charge < -0.3 is 15.9 Å². The Morgan fingerprint density at radius 3 is 2.24 bits per heavy atom. The summed E-state index contributed by atoms with van der Waals surface area (Å²) in [5.41, 5.74) is 6.57. The first-order valence-corrected chi connectivity index (χ1v) is 7.12. The van der Waals surface area contributed by atoms with Gasteiger partial charge in [-0.3, -0.25) is 0 Å². The Labute approximate surface area is 135 Å². The Morgan fingerprint density at radius 2 is 1.76 bits per heavy atom. The third-order valence-electron chi connectivity index (χ3n) is 2.47. The molecule has 0 aliphatic rings. The molecule has 17 heavy (non-hydrogen) atoms. The third kappa shape index (κ3) is 4.38. The van der Waals surface area contributed by atoms with Crippen LogP contribution < -0.4 is 5.73 Å². The van der Waals surface area contributed by atoms with Gasteiger partial charge in [-0.25, -0.2) is 0 Å². The van der Waals surface area contributed by atoms with Crippen LogP contribution in [-0.2, 0) is 0 Å². The van der Waals surface area contributed by atoms with Crippen molar-refractivity contribution >= 4 is 57.6 Å². The zero-order valence-electron chi connectivity index (χ0n) is 9.52. The molecule has 4 N–H and O–H groups in total. The molecule has 0 aliphatic carbocycles. The number of nitrogens with two attached hydrogens (primary N) is 1. The van der Waals surface area contributed by atoms with Crippen LogP contribution in [0.25, 0.3) is 0 Å². The lowest BCUT2D eigenvalue weighted by Crippen LogP contribution is -2.30. The smallest absolute Gasteiger partial charge is 0.133 e. The summed E-state index contributed by atoms with van der Waals surface area (Å²) in [4.78, 5) is 0. The van der Waals surface area contributed by atoms with E-state index < -0.39 is 12.1 Å². The van der Waals surface area contributed by atoms with Crippen LogP contribution in [0.2, 0.25) is 0 Å². The maximum absolute atomic E-state index is 9.92. The van der Waals surface area contributed by atoms with Crippen molar-refractivity contribution in [3.05, 3.63) is 24.8 Å². The second-order valence-electron chi connectivity index (χ2n) is 4.09. The molecule has 0 saturated carbocycles. The van der Waals surface area contributed by atoms with Crippen molar-refractivity contribution in [3.63, 3.8) is 0 Å². The zero-order valence-corrected chi connectivity index (χ0v) is 14.7. The minimum atomic E-state index is -0.653. The van der Waals surface area contributed by atoms with Crippen molar-refractivity contribution in [1.29, 1.82) is 0 Å². The van der Waals surface area contributed by atoms with Gasteiger partial charge in [0.2, 0.25) is 0 Å². The molecule has 0 fully saturated rings. The quantitative estimate of drug-likeness (QED) is 0.579. The number of phenolic OH excluding ortho intramolecular Hbond substituents is 1. The van der Waals surface area contributed by atoms with E-state index in [2.05, 4.69) is 45.2 Å². The van der Waals surface area contributed by atoms with Gasteiger partial charge in [-0.15, -0.1) is 12.4 Å². The van der Waals surface area contributed by atoms with Gasteiger partial charge in [-0.1, -0.05) is 13.8 Å². The number of hydrogen-bond acceptors (Lipinski definition) is 3. The van der Waals surface area contributed by atoms with Crippen molar-refractivity contribution in [3.8, 4) is 5.75 Å². The summed E-state index contributed by atoms with van der Waals surface area (Å²) in [5.74, 6) is 0.234. The van der Waals surface area contributed by atoms with Gasteiger partial charge in [0.25, 0.3) is 0 Å². The fraction of sp³-hybridized carbons (Fsp3) is 0.455. The van der Waals surface area contributed by atoms with E-state index in [9.17, 15) is 10.2 Å². The molecule has 1 aromatic carbocycles. The van der Waals surface area contributed by atoms with Crippen LogP contribution >= 0.6 is 57.6 Å². The first-order chi connectivity index (χ1) is 7.34. The second-order valence-corrected chi connectivity index (χ2v) is 6.49. The molecule has 0 unspecified atom stereocenters. The molecule has 2 atom stereocenters. The van der Waals surface area contributed by atoms with E-state index in [4.69, 9.17) is 5.73 Å². The summed E-state index contributed by atoms with van der Waals surface area (Å²) < 4.78 is 1.76. The fourth-order valence-electron chi connectivity index (χ4n) is 1.44. The fourth-order valence-corrected chi connectivity index (χ4v) is 3.33. The van der Waals surface area contributed by atoms with E-state index in [0.29, 0.717) is 5.56 Å². The summed E-state index contributed by atoms with van der Waals surface area (Å²) in [6.45, 7) is 3.81. The lowest BCUT2D eigenvalue weighted by atomic mass is 9.94. The van der Waals surface area contributed by atoms with Gasteiger partial charge in [0.15, 0.2) is 0 Å². The number of aromatic hydroxyl groups is 1. The predicted molar refractivity (Wildman–Crippen MR) is 88.6 cm³/mol. The number of hydrogen-bond donors (Lipinski definition) is 3. The monoisotopic (exact) mass is 483 g/mol. The molecule has 0 aromatic heterocycles. The maximum Gasteiger partial charge on any atom is 0.133 e. The highest BCUT2D eigenvalue weighted by molar-refractivity contribution is 14.1. The van der Waals surface area contributed by atoms with Crippen LogP contribution in [0.15, 0.2) is 12.1 Å². The Balaban J connectivity index is 0.00000256. The number of benzene rings is 1. The molecule has 0 bridgehead atoms. The Bertz CT molecular complexity index is 388. The van der Waals surface area contributed by atoms with Crippen LogP contribution in [-0.4, -0.2) is 16.3 Å². The minimum absolute atomic E-state index is 0. The minimum Gasteiger partial charge on any atom is -0.506 e. The average Bonchev–Trinajstić information content (AvgIpc) is 2.21. The van der Waals surface area contributed by atoms with Crippen molar-refractivity contribution in [1.82, 2.24) is 0 Å². The highest BCUT2D eigenvalue weighted by atomic mass is 127. The largest absolute Gasteiger partial charge is 0.506 e. The first kappa shape index (κ1) is 17.7. The van der Waals surface area contributed by atoms with Crippen molar-refractivity contribution in [2.24, 2.45) is 11.7 Å². The molecular weight excluding hydrogens is 467 g/mol. The Kier molecular flexibility index (Phi) is 7.62. The first-order valence-electron chi connectivity index (χ1n) is 4.96. The molecule has 6 heteroatoms. The summed E-state index contributed by atoms with van der Waals surface area (Å²) >= 11 is 4.23. The molecule has 0 radical (unpaired) electrons. The molecular formula is C11H16ClI2NO2. The van der Waals surface area contributed by atoms with Gasteiger partial charge in [-0.2, -0.15) is 0 Å². The van der Waals surface area contributed by atoms with Gasteiger partial charge in [-0.05, 0) is 63.2 Å². The Morgan fingerprint density at radius 1 is 1.24 bits per heavy atom. The van der Waals surface area contributed by atoms with Crippen LogP contribution in [0.3, 0.4) is 0 Å². The number of rotatable bonds is 3. The molecule has 0 spiro atoms. The number of phenols is 1. The topological polar surface area (TPSA) is 66.5 Å². The maximum atomic E-state index is 9.92. The summed E-state index contributed by atoms with van der Waals surface area (Å²) in [5, 5.41) is 19.8. The molecule has 3 nitrogen and oxygen atoms in total. The molecule has 0 amide bonds. The third-order valence-corrected chi connectivity index (χ3v) is 3.91. The molecule has 98 valence electrons. The average molecular weight is 484 g/mol. The van der Waals surface area contributed by atoms with Gasteiger partial charge in [0, 0.05) is 9.13 Å². The van der Waals surface area contributed by atoms with E-state index in [1.54, 1.807) is 0 Å². The zero-order chi connectivity index (χ0) is 12.5. The van der Waals surface area contributed by atoms with Gasteiger partial charge in [0.05, 0.1) is 15.7 Å². The summed E-state index contributed by atoms with van der Waals surface area (Å²) in [7, 11) is 0. The molecule has 1 aromatic rings. The van der Waals surface area contributed by atoms with Crippen LogP contribution in [0.1, 0.15) is 25.5 Å². The van der Waals surface area contributed by atoms with Crippen molar-refractivity contribution < 1.29 is 10.2 Å². The molecule has 0 heterocycles. The normalized spacial score (nSPS) is 14.3. The van der Waals surface area contributed by atoms with E-state index in [0.717, 1.165) is 7.14 Å². The Hall–Kier alpha value is 0.690. The molecule has 1 rings (SSSR count). The number of aliphatic hydroxyl groups excluding tert-OH is 1. The molecule has 0 saturated heterocycles.